The summed E-state index contributed by atoms with van der Waals surface area (Å²) >= 11 is 0. The number of amides is 1. The van der Waals surface area contributed by atoms with Gasteiger partial charge >= 0.3 is 5.97 Å². The van der Waals surface area contributed by atoms with Gasteiger partial charge in [-0.15, -0.1) is 6.58 Å². The summed E-state index contributed by atoms with van der Waals surface area (Å²) < 4.78 is 0. The van der Waals surface area contributed by atoms with Crippen molar-refractivity contribution in [1.82, 2.24) is 4.90 Å². The zero-order valence-corrected chi connectivity index (χ0v) is 10.4. The van der Waals surface area contributed by atoms with Crippen LogP contribution in [0.1, 0.15) is 11.1 Å². The molecule has 4 nitrogen and oxygen atoms in total. The van der Waals surface area contributed by atoms with Gasteiger partial charge in [0.05, 0.1) is 6.42 Å². The number of carboxylic acid groups (broad SMARTS) is 1. The van der Waals surface area contributed by atoms with Crippen LogP contribution in [-0.4, -0.2) is 35.0 Å². The van der Waals surface area contributed by atoms with Crippen molar-refractivity contribution in [3.63, 3.8) is 0 Å². The molecule has 1 aromatic carbocycles. The molecule has 0 fully saturated rings. The maximum absolute atomic E-state index is 12.0. The summed E-state index contributed by atoms with van der Waals surface area (Å²) in [6.07, 6.45) is 1.74. The van der Waals surface area contributed by atoms with Crippen molar-refractivity contribution in [2.75, 3.05) is 13.1 Å². The molecule has 0 bridgehead atoms. The number of aryl methyl sites for hydroxylation is 1. The van der Waals surface area contributed by atoms with Gasteiger partial charge in [0.25, 0.3) is 0 Å². The molecule has 0 aliphatic rings. The Labute approximate surface area is 107 Å². The van der Waals surface area contributed by atoms with Crippen molar-refractivity contribution in [1.29, 1.82) is 0 Å². The zero-order chi connectivity index (χ0) is 13.5. The normalized spacial score (nSPS) is 9.83. The highest BCUT2D eigenvalue weighted by Gasteiger charge is 2.15. The van der Waals surface area contributed by atoms with Crippen molar-refractivity contribution in [3.05, 3.63) is 48.0 Å². The van der Waals surface area contributed by atoms with E-state index in [2.05, 4.69) is 6.58 Å². The molecule has 0 heterocycles. The third kappa shape index (κ3) is 4.41. The summed E-state index contributed by atoms with van der Waals surface area (Å²) in [5.74, 6) is -1.22. The van der Waals surface area contributed by atoms with Crippen molar-refractivity contribution in [2.45, 2.75) is 13.3 Å². The lowest BCUT2D eigenvalue weighted by molar-refractivity contribution is -0.143. The van der Waals surface area contributed by atoms with Crippen LogP contribution >= 0.6 is 0 Å². The van der Waals surface area contributed by atoms with Gasteiger partial charge in [-0.3, -0.25) is 9.59 Å². The van der Waals surface area contributed by atoms with Gasteiger partial charge in [-0.2, -0.15) is 0 Å². The molecular weight excluding hydrogens is 230 g/mol. The van der Waals surface area contributed by atoms with Crippen LogP contribution in [0.15, 0.2) is 36.9 Å². The van der Waals surface area contributed by atoms with Crippen molar-refractivity contribution < 1.29 is 14.7 Å². The predicted octanol–water partition coefficient (Wildman–Crippen LogP) is 1.64. The Morgan fingerprint density at radius 3 is 2.72 bits per heavy atom. The molecule has 0 radical (unpaired) electrons. The van der Waals surface area contributed by atoms with Crippen LogP contribution in [0.2, 0.25) is 0 Å². The molecule has 1 aromatic rings. The molecule has 0 saturated carbocycles. The summed E-state index contributed by atoms with van der Waals surface area (Å²) in [7, 11) is 0. The average Bonchev–Trinajstić information content (AvgIpc) is 2.27. The molecule has 1 rings (SSSR count). The van der Waals surface area contributed by atoms with Crippen LogP contribution < -0.4 is 0 Å². The largest absolute Gasteiger partial charge is 0.480 e. The van der Waals surface area contributed by atoms with E-state index in [0.717, 1.165) is 11.1 Å². The van der Waals surface area contributed by atoms with Gasteiger partial charge in [0, 0.05) is 6.54 Å². The monoisotopic (exact) mass is 247 g/mol. The van der Waals surface area contributed by atoms with Gasteiger partial charge in [-0.1, -0.05) is 35.9 Å². The number of hydrogen-bond donors (Lipinski definition) is 1. The molecule has 0 atom stereocenters. The van der Waals surface area contributed by atoms with Gasteiger partial charge in [0.15, 0.2) is 0 Å². The summed E-state index contributed by atoms with van der Waals surface area (Å²) in [4.78, 5) is 23.9. The number of benzene rings is 1. The van der Waals surface area contributed by atoms with E-state index >= 15 is 0 Å². The molecule has 4 heteroatoms. The third-order valence-electron chi connectivity index (χ3n) is 2.47. The number of aliphatic carboxylic acids is 1. The van der Waals surface area contributed by atoms with E-state index in [-0.39, 0.29) is 25.4 Å². The quantitative estimate of drug-likeness (QED) is 0.777. The van der Waals surface area contributed by atoms with Gasteiger partial charge in [-0.05, 0) is 12.5 Å². The maximum Gasteiger partial charge on any atom is 0.323 e. The first kappa shape index (κ1) is 14.0. The Kier molecular flexibility index (Phi) is 5.11. The lowest BCUT2D eigenvalue weighted by atomic mass is 10.1. The minimum absolute atomic E-state index is 0.206. The first-order chi connectivity index (χ1) is 8.52. The number of nitrogens with zero attached hydrogens (tertiary/aromatic N) is 1. The average molecular weight is 247 g/mol. The Bertz CT molecular complexity index is 454. The van der Waals surface area contributed by atoms with Crippen LogP contribution in [-0.2, 0) is 16.0 Å². The molecule has 0 unspecified atom stereocenters. The summed E-state index contributed by atoms with van der Waals surface area (Å²) in [5.41, 5.74) is 1.97. The van der Waals surface area contributed by atoms with Crippen molar-refractivity contribution in [2.24, 2.45) is 0 Å². The Hall–Kier alpha value is -2.10. The van der Waals surface area contributed by atoms with Crippen molar-refractivity contribution in [3.8, 4) is 0 Å². The lowest BCUT2D eigenvalue weighted by Crippen LogP contribution is -2.36. The highest BCUT2D eigenvalue weighted by molar-refractivity contribution is 5.83. The molecule has 0 saturated heterocycles. The van der Waals surface area contributed by atoms with Gasteiger partial charge in [-0.25, -0.2) is 0 Å². The molecule has 0 spiro atoms. The van der Waals surface area contributed by atoms with Gasteiger partial charge < -0.3 is 10.0 Å². The van der Waals surface area contributed by atoms with E-state index < -0.39 is 5.97 Å². The summed E-state index contributed by atoms with van der Waals surface area (Å²) in [5, 5.41) is 8.74. The number of hydrogen-bond acceptors (Lipinski definition) is 2. The minimum atomic E-state index is -1.02. The molecule has 0 aromatic heterocycles. The molecule has 0 aliphatic heterocycles. The molecule has 18 heavy (non-hydrogen) atoms. The van der Waals surface area contributed by atoms with E-state index in [1.807, 2.05) is 31.2 Å². The van der Waals surface area contributed by atoms with E-state index in [9.17, 15) is 9.59 Å². The smallest absolute Gasteiger partial charge is 0.323 e. The first-order valence-electron chi connectivity index (χ1n) is 5.69. The number of rotatable bonds is 6. The van der Waals surface area contributed by atoms with E-state index in [1.165, 1.54) is 11.0 Å². The van der Waals surface area contributed by atoms with Crippen molar-refractivity contribution >= 4 is 11.9 Å². The first-order valence-corrected chi connectivity index (χ1v) is 5.69. The third-order valence-corrected chi connectivity index (χ3v) is 2.47. The Morgan fingerprint density at radius 1 is 1.44 bits per heavy atom. The highest BCUT2D eigenvalue weighted by Crippen LogP contribution is 2.06. The zero-order valence-electron chi connectivity index (χ0n) is 10.4. The fourth-order valence-corrected chi connectivity index (χ4v) is 1.68. The Balaban J connectivity index is 2.71. The van der Waals surface area contributed by atoms with Crippen LogP contribution in [0.4, 0.5) is 0 Å². The van der Waals surface area contributed by atoms with Crippen LogP contribution in [0.25, 0.3) is 0 Å². The lowest BCUT2D eigenvalue weighted by Gasteiger charge is -2.18. The second kappa shape index (κ2) is 6.59. The molecular formula is C14H17NO3. The van der Waals surface area contributed by atoms with E-state index in [4.69, 9.17) is 5.11 Å². The fraction of sp³-hybridized carbons (Fsp3) is 0.286. The second-order valence-corrected chi connectivity index (χ2v) is 4.12. The highest BCUT2D eigenvalue weighted by atomic mass is 16.4. The second-order valence-electron chi connectivity index (χ2n) is 4.12. The standard InChI is InChI=1S/C14H17NO3/c1-3-7-15(10-14(17)18)13(16)9-12-6-4-5-11(2)8-12/h3-6,8H,1,7,9-10H2,2H3,(H,17,18). The maximum atomic E-state index is 12.0. The molecule has 1 N–H and O–H groups in total. The number of carbonyl (C=O) groups is 2. The Morgan fingerprint density at radius 2 is 2.17 bits per heavy atom. The fourth-order valence-electron chi connectivity index (χ4n) is 1.68. The van der Waals surface area contributed by atoms with Crippen LogP contribution in [0.3, 0.4) is 0 Å². The van der Waals surface area contributed by atoms with Gasteiger partial charge in [0.1, 0.15) is 6.54 Å². The van der Waals surface area contributed by atoms with Crippen LogP contribution in [0.5, 0.6) is 0 Å². The molecule has 96 valence electrons. The molecule has 1 amide bonds. The van der Waals surface area contributed by atoms with E-state index in [1.54, 1.807) is 0 Å². The van der Waals surface area contributed by atoms with Crippen LogP contribution in [0, 0.1) is 6.92 Å². The van der Waals surface area contributed by atoms with Gasteiger partial charge in [0.2, 0.25) is 5.91 Å². The summed E-state index contributed by atoms with van der Waals surface area (Å²) in [6, 6.07) is 7.61. The SMILES string of the molecule is C=CCN(CC(=O)O)C(=O)Cc1cccc(C)c1. The molecule has 0 aliphatic carbocycles. The minimum Gasteiger partial charge on any atom is -0.480 e. The summed E-state index contributed by atoms with van der Waals surface area (Å²) in [6.45, 7) is 5.43. The predicted molar refractivity (Wildman–Crippen MR) is 69.3 cm³/mol. The number of carbonyl (C=O) groups excluding carboxylic acids is 1. The topological polar surface area (TPSA) is 57.6 Å². The van der Waals surface area contributed by atoms with E-state index in [0.29, 0.717) is 0 Å². The number of carboxylic acids is 1.